The van der Waals surface area contributed by atoms with Gasteiger partial charge in [0.15, 0.2) is 0 Å². The largest absolute Gasteiger partial charge is 0.365 e. The summed E-state index contributed by atoms with van der Waals surface area (Å²) in [6, 6.07) is 19.8. The molecule has 148 valence electrons. The van der Waals surface area contributed by atoms with E-state index in [2.05, 4.69) is 10.2 Å². The van der Waals surface area contributed by atoms with Crippen LogP contribution in [0, 0.1) is 5.82 Å². The minimum absolute atomic E-state index is 0.140. The van der Waals surface area contributed by atoms with Crippen LogP contribution >= 0.6 is 23.4 Å². The molecule has 0 fully saturated rings. The average Bonchev–Trinajstić information content (AvgIpc) is 2.74. The third kappa shape index (κ3) is 4.92. The van der Waals surface area contributed by atoms with Gasteiger partial charge in [-0.3, -0.25) is 4.79 Å². The predicted molar refractivity (Wildman–Crippen MR) is 117 cm³/mol. The average molecular weight is 427 g/mol. The Morgan fingerprint density at radius 1 is 1.03 bits per heavy atom. The van der Waals surface area contributed by atoms with Crippen LogP contribution in [0.2, 0.25) is 5.02 Å². The first-order chi connectivity index (χ1) is 14.1. The summed E-state index contributed by atoms with van der Waals surface area (Å²) in [6.07, 6.45) is 0. The van der Waals surface area contributed by atoms with Crippen LogP contribution in [-0.2, 0) is 13.1 Å². The van der Waals surface area contributed by atoms with E-state index in [0.717, 1.165) is 35.1 Å². The predicted octanol–water partition coefficient (Wildman–Crippen LogP) is 5.52. The molecule has 0 saturated heterocycles. The maximum atomic E-state index is 13.0. The van der Waals surface area contributed by atoms with Crippen LogP contribution in [0.4, 0.5) is 10.1 Å². The smallest absolute Gasteiger partial charge is 0.251 e. The maximum Gasteiger partial charge on any atom is 0.251 e. The second kappa shape index (κ2) is 8.89. The van der Waals surface area contributed by atoms with Crippen molar-refractivity contribution in [2.75, 3.05) is 17.2 Å². The van der Waals surface area contributed by atoms with Crippen molar-refractivity contribution in [3.63, 3.8) is 0 Å². The molecule has 0 bridgehead atoms. The van der Waals surface area contributed by atoms with Crippen LogP contribution in [0.3, 0.4) is 0 Å². The Hall–Kier alpha value is -2.50. The van der Waals surface area contributed by atoms with E-state index in [0.29, 0.717) is 12.1 Å². The van der Waals surface area contributed by atoms with Gasteiger partial charge in [-0.25, -0.2) is 4.39 Å². The third-order valence-electron chi connectivity index (χ3n) is 4.83. The van der Waals surface area contributed by atoms with Crippen molar-refractivity contribution >= 4 is 35.0 Å². The van der Waals surface area contributed by atoms with E-state index >= 15 is 0 Å². The molecule has 3 aromatic rings. The fourth-order valence-corrected chi connectivity index (χ4v) is 4.43. The Balaban J connectivity index is 1.49. The Kier molecular flexibility index (Phi) is 6.07. The highest BCUT2D eigenvalue weighted by Gasteiger charge is 2.19. The number of hydrogen-bond donors (Lipinski definition) is 1. The lowest BCUT2D eigenvalue weighted by atomic mass is 10.1. The molecule has 0 aromatic heterocycles. The molecule has 29 heavy (non-hydrogen) atoms. The fourth-order valence-electron chi connectivity index (χ4n) is 3.28. The topological polar surface area (TPSA) is 32.3 Å². The van der Waals surface area contributed by atoms with Crippen LogP contribution in [0.25, 0.3) is 0 Å². The summed E-state index contributed by atoms with van der Waals surface area (Å²) in [7, 11) is 0. The summed E-state index contributed by atoms with van der Waals surface area (Å²) in [4.78, 5) is 16.1. The summed E-state index contributed by atoms with van der Waals surface area (Å²) in [5.74, 6) is 0.587. The maximum absolute atomic E-state index is 13.0. The second-order valence-electron chi connectivity index (χ2n) is 6.89. The number of carbonyl (C=O) groups excluding carboxylic acids is 1. The van der Waals surface area contributed by atoms with Gasteiger partial charge in [0.1, 0.15) is 5.82 Å². The van der Waals surface area contributed by atoms with Crippen LogP contribution in [-0.4, -0.2) is 18.2 Å². The Morgan fingerprint density at radius 3 is 2.52 bits per heavy atom. The van der Waals surface area contributed by atoms with Crippen molar-refractivity contribution in [3.8, 4) is 0 Å². The minimum Gasteiger partial charge on any atom is -0.365 e. The molecular weight excluding hydrogens is 407 g/mol. The van der Waals surface area contributed by atoms with Crippen LogP contribution in [0.15, 0.2) is 71.6 Å². The normalized spacial score (nSPS) is 13.1. The molecule has 0 spiro atoms. The van der Waals surface area contributed by atoms with Crippen LogP contribution in [0.5, 0.6) is 0 Å². The molecule has 1 aliphatic heterocycles. The lowest BCUT2D eigenvalue weighted by Gasteiger charge is -2.31. The number of amides is 1. The second-order valence-corrected chi connectivity index (χ2v) is 8.46. The SMILES string of the molecule is O=C(NCc1ccc(F)cc1)c1ccc2c(c1)N(Cc1ccc(Cl)cc1)CCS2. The molecule has 0 radical (unpaired) electrons. The van der Waals surface area contributed by atoms with Gasteiger partial charge in [-0.15, -0.1) is 11.8 Å². The first-order valence-electron chi connectivity index (χ1n) is 9.37. The Labute approximate surface area is 178 Å². The van der Waals surface area contributed by atoms with Crippen molar-refractivity contribution in [3.05, 3.63) is 94.3 Å². The number of nitrogens with one attached hydrogen (secondary N) is 1. The summed E-state index contributed by atoms with van der Waals surface area (Å²) >= 11 is 7.80. The molecule has 1 N–H and O–H groups in total. The molecule has 6 heteroatoms. The number of carbonyl (C=O) groups is 1. The number of fused-ring (bicyclic) bond motifs is 1. The molecule has 3 aromatic carbocycles. The number of halogens is 2. The number of hydrogen-bond acceptors (Lipinski definition) is 3. The molecule has 0 unspecified atom stereocenters. The van der Waals surface area contributed by atoms with E-state index in [1.807, 2.05) is 54.2 Å². The van der Waals surface area contributed by atoms with E-state index in [1.165, 1.54) is 22.6 Å². The third-order valence-corrected chi connectivity index (χ3v) is 6.13. The molecule has 0 aliphatic carbocycles. The van der Waals surface area contributed by atoms with E-state index in [9.17, 15) is 9.18 Å². The molecule has 0 saturated carbocycles. The number of benzene rings is 3. The molecule has 0 atom stereocenters. The monoisotopic (exact) mass is 426 g/mol. The van der Waals surface area contributed by atoms with Gasteiger partial charge in [0.2, 0.25) is 0 Å². The minimum atomic E-state index is -0.284. The van der Waals surface area contributed by atoms with Crippen molar-refractivity contribution < 1.29 is 9.18 Å². The van der Waals surface area contributed by atoms with Gasteiger partial charge in [0, 0.05) is 40.9 Å². The van der Waals surface area contributed by atoms with Gasteiger partial charge in [-0.05, 0) is 53.6 Å². The number of nitrogens with zero attached hydrogens (tertiary/aromatic N) is 1. The highest BCUT2D eigenvalue weighted by molar-refractivity contribution is 7.99. The Morgan fingerprint density at radius 2 is 1.76 bits per heavy atom. The highest BCUT2D eigenvalue weighted by atomic mass is 35.5. The van der Waals surface area contributed by atoms with E-state index in [1.54, 1.807) is 12.1 Å². The number of thioether (sulfide) groups is 1. The first-order valence-corrected chi connectivity index (χ1v) is 10.7. The summed E-state index contributed by atoms with van der Waals surface area (Å²) < 4.78 is 13.0. The van der Waals surface area contributed by atoms with Gasteiger partial charge in [-0.1, -0.05) is 35.9 Å². The van der Waals surface area contributed by atoms with Crippen LogP contribution in [0.1, 0.15) is 21.5 Å². The summed E-state index contributed by atoms with van der Waals surface area (Å²) in [6.45, 7) is 2.05. The molecular formula is C23H20ClFN2OS. The van der Waals surface area contributed by atoms with Gasteiger partial charge in [0.05, 0.1) is 5.69 Å². The highest BCUT2D eigenvalue weighted by Crippen LogP contribution is 2.36. The summed E-state index contributed by atoms with van der Waals surface area (Å²) in [5.41, 5.74) is 3.73. The number of rotatable bonds is 5. The van der Waals surface area contributed by atoms with Gasteiger partial charge in [-0.2, -0.15) is 0 Å². The quantitative estimate of drug-likeness (QED) is 0.582. The lowest BCUT2D eigenvalue weighted by molar-refractivity contribution is 0.0951. The standard InChI is InChI=1S/C23H20ClFN2OS/c24-19-6-1-17(2-7-19)15-27-11-12-29-22-10-5-18(13-21(22)27)23(28)26-14-16-3-8-20(25)9-4-16/h1-10,13H,11-12,14-15H2,(H,26,28). The molecule has 1 aliphatic rings. The number of anilines is 1. The Bertz CT molecular complexity index is 1010. The zero-order valence-corrected chi connectivity index (χ0v) is 17.3. The molecule has 1 heterocycles. The van der Waals surface area contributed by atoms with Crippen molar-refractivity contribution in [2.24, 2.45) is 0 Å². The van der Waals surface area contributed by atoms with Gasteiger partial charge in [0.25, 0.3) is 5.91 Å². The molecule has 4 rings (SSSR count). The summed E-state index contributed by atoms with van der Waals surface area (Å²) in [5, 5.41) is 3.64. The van der Waals surface area contributed by atoms with Crippen molar-refractivity contribution in [1.82, 2.24) is 5.32 Å². The van der Waals surface area contributed by atoms with Gasteiger partial charge >= 0.3 is 0 Å². The first kappa shape index (κ1) is 19.8. The van der Waals surface area contributed by atoms with Crippen LogP contribution < -0.4 is 10.2 Å². The van der Waals surface area contributed by atoms with E-state index in [-0.39, 0.29) is 11.7 Å². The zero-order valence-electron chi connectivity index (χ0n) is 15.7. The molecule has 1 amide bonds. The van der Waals surface area contributed by atoms with Gasteiger partial charge < -0.3 is 10.2 Å². The zero-order chi connectivity index (χ0) is 20.2. The van der Waals surface area contributed by atoms with Crippen molar-refractivity contribution in [1.29, 1.82) is 0 Å². The molecule has 3 nitrogen and oxygen atoms in total. The van der Waals surface area contributed by atoms with E-state index < -0.39 is 0 Å². The fraction of sp³-hybridized carbons (Fsp3) is 0.174. The van der Waals surface area contributed by atoms with Crippen molar-refractivity contribution in [2.45, 2.75) is 18.0 Å². The lowest BCUT2D eigenvalue weighted by Crippen LogP contribution is -2.29. The van der Waals surface area contributed by atoms with E-state index in [4.69, 9.17) is 11.6 Å².